The van der Waals surface area contributed by atoms with E-state index in [-0.39, 0.29) is 18.7 Å². The van der Waals surface area contributed by atoms with Gasteiger partial charge in [0.1, 0.15) is 30.7 Å². The van der Waals surface area contributed by atoms with E-state index < -0.39 is 60.3 Å². The van der Waals surface area contributed by atoms with Crippen LogP contribution in [0, 0.1) is 11.8 Å². The highest BCUT2D eigenvalue weighted by molar-refractivity contribution is 5.87. The van der Waals surface area contributed by atoms with Crippen molar-refractivity contribution in [3.63, 3.8) is 0 Å². The van der Waals surface area contributed by atoms with Crippen molar-refractivity contribution in [2.75, 3.05) is 20.3 Å². The smallest absolute Gasteiger partial charge is 0.407 e. The zero-order valence-electron chi connectivity index (χ0n) is 14.3. The van der Waals surface area contributed by atoms with Crippen LogP contribution in [0.2, 0.25) is 0 Å². The Hall–Kier alpha value is -2.62. The van der Waals surface area contributed by atoms with Gasteiger partial charge in [-0.1, -0.05) is 6.58 Å². The largest absolute Gasteiger partial charge is 0.469 e. The Morgan fingerprint density at radius 2 is 1.96 bits per heavy atom. The van der Waals surface area contributed by atoms with E-state index in [9.17, 15) is 19.2 Å². The number of hydrogen-bond acceptors (Lipinski definition) is 9. The summed E-state index contributed by atoms with van der Waals surface area (Å²) in [6.07, 6.45) is -3.90. The van der Waals surface area contributed by atoms with Crippen LogP contribution in [0.4, 0.5) is 4.79 Å². The predicted octanol–water partition coefficient (Wildman–Crippen LogP) is -0.688. The number of carbonyl (C=O) groups is 4. The summed E-state index contributed by atoms with van der Waals surface area (Å²) >= 11 is 0. The Morgan fingerprint density at radius 1 is 1.23 bits per heavy atom. The first-order chi connectivity index (χ1) is 12.3. The molecule has 0 radical (unpaired) electrons. The molecule has 1 N–H and O–H groups in total. The molecule has 6 atom stereocenters. The molecule has 3 fully saturated rings. The molecule has 26 heavy (non-hydrogen) atoms. The fraction of sp³-hybridized carbons (Fsp3) is 0.625. The van der Waals surface area contributed by atoms with Gasteiger partial charge < -0.3 is 29.0 Å². The minimum absolute atomic E-state index is 0.0209. The van der Waals surface area contributed by atoms with Crippen molar-refractivity contribution in [2.45, 2.75) is 31.3 Å². The molecule has 3 aliphatic heterocycles. The minimum Gasteiger partial charge on any atom is -0.469 e. The van der Waals surface area contributed by atoms with Crippen LogP contribution in [0.25, 0.3) is 0 Å². The van der Waals surface area contributed by atoms with Gasteiger partial charge in [-0.15, -0.1) is 0 Å². The van der Waals surface area contributed by atoms with E-state index in [1.54, 1.807) is 0 Å². The fourth-order valence-electron chi connectivity index (χ4n) is 3.46. The van der Waals surface area contributed by atoms with Gasteiger partial charge in [0, 0.05) is 5.57 Å². The maximum Gasteiger partial charge on any atom is 0.407 e. The zero-order valence-corrected chi connectivity index (χ0v) is 14.3. The van der Waals surface area contributed by atoms with Crippen LogP contribution in [0.3, 0.4) is 0 Å². The average Bonchev–Trinajstić information content (AvgIpc) is 3.21. The molecule has 3 heterocycles. The molecule has 2 bridgehead atoms. The van der Waals surface area contributed by atoms with E-state index in [1.807, 2.05) is 0 Å². The van der Waals surface area contributed by atoms with E-state index in [4.69, 9.17) is 23.7 Å². The van der Waals surface area contributed by atoms with E-state index in [2.05, 4.69) is 11.9 Å². The number of carbonyl (C=O) groups excluding carboxylic acids is 4. The van der Waals surface area contributed by atoms with Gasteiger partial charge in [-0.25, -0.2) is 9.59 Å². The number of rotatable bonds is 6. The van der Waals surface area contributed by atoms with Crippen molar-refractivity contribution in [3.05, 3.63) is 12.2 Å². The number of amides is 1. The van der Waals surface area contributed by atoms with Crippen LogP contribution in [0.5, 0.6) is 0 Å². The summed E-state index contributed by atoms with van der Waals surface area (Å²) in [6.45, 7) is 4.91. The quantitative estimate of drug-likeness (QED) is 0.280. The molecule has 0 saturated carbocycles. The monoisotopic (exact) mass is 369 g/mol. The lowest BCUT2D eigenvalue weighted by molar-refractivity contribution is -0.153. The molecule has 0 aromatic carbocycles. The summed E-state index contributed by atoms with van der Waals surface area (Å²) in [7, 11) is 1.21. The summed E-state index contributed by atoms with van der Waals surface area (Å²) in [6, 6.07) is 0. The standard InChI is InChI=1S/C16H19NO9/c1-6(2)13(18)23-5-4-17-16(21)26-12-9-7(14(19)22-3)8-10(24-9)11(12)25-15(8)20/h7-12H,1,4-5H2,2-3H3,(H,17,21). The van der Waals surface area contributed by atoms with Crippen LogP contribution in [0.15, 0.2) is 12.2 Å². The van der Waals surface area contributed by atoms with Crippen molar-refractivity contribution in [1.82, 2.24) is 5.32 Å². The molecule has 0 aromatic heterocycles. The topological polar surface area (TPSA) is 126 Å². The molecule has 0 aromatic rings. The maximum absolute atomic E-state index is 12.0. The molecular weight excluding hydrogens is 350 g/mol. The first-order valence-electron chi connectivity index (χ1n) is 8.06. The van der Waals surface area contributed by atoms with Gasteiger partial charge >= 0.3 is 24.0 Å². The van der Waals surface area contributed by atoms with Crippen LogP contribution in [0.1, 0.15) is 6.92 Å². The van der Waals surface area contributed by atoms with Crippen molar-refractivity contribution in [3.8, 4) is 0 Å². The Morgan fingerprint density at radius 3 is 2.62 bits per heavy atom. The number of methoxy groups -OCH3 is 1. The van der Waals surface area contributed by atoms with Gasteiger partial charge in [0.25, 0.3) is 0 Å². The fourth-order valence-corrected chi connectivity index (χ4v) is 3.46. The van der Waals surface area contributed by atoms with E-state index in [0.717, 1.165) is 0 Å². The molecule has 6 unspecified atom stereocenters. The Kier molecular flexibility index (Phi) is 4.86. The normalized spacial score (nSPS) is 33.4. The third-order valence-corrected chi connectivity index (χ3v) is 4.57. The Labute approximate surface area is 148 Å². The van der Waals surface area contributed by atoms with Gasteiger partial charge in [-0.3, -0.25) is 9.59 Å². The van der Waals surface area contributed by atoms with E-state index in [0.29, 0.717) is 0 Å². The summed E-state index contributed by atoms with van der Waals surface area (Å²) in [5.74, 6) is -3.34. The molecule has 3 aliphatic rings. The Bertz CT molecular complexity index is 660. The summed E-state index contributed by atoms with van der Waals surface area (Å²) < 4.78 is 25.7. The predicted molar refractivity (Wildman–Crippen MR) is 81.6 cm³/mol. The SMILES string of the molecule is C=C(C)C(=O)OCCNC(=O)OC1C2OC(=O)C3C2OC1C3C(=O)OC. The van der Waals surface area contributed by atoms with Gasteiger partial charge in [-0.05, 0) is 6.92 Å². The minimum atomic E-state index is -0.912. The lowest BCUT2D eigenvalue weighted by Crippen LogP contribution is -2.49. The van der Waals surface area contributed by atoms with E-state index in [1.165, 1.54) is 14.0 Å². The summed E-state index contributed by atoms with van der Waals surface area (Å²) in [5.41, 5.74) is 0.248. The number of nitrogens with one attached hydrogen (secondary N) is 1. The van der Waals surface area contributed by atoms with Crippen molar-refractivity contribution in [1.29, 1.82) is 0 Å². The second kappa shape index (κ2) is 6.94. The van der Waals surface area contributed by atoms with Gasteiger partial charge in [0.05, 0.1) is 13.7 Å². The third-order valence-electron chi connectivity index (χ3n) is 4.57. The molecule has 3 saturated heterocycles. The van der Waals surface area contributed by atoms with Crippen LogP contribution < -0.4 is 5.32 Å². The van der Waals surface area contributed by atoms with Crippen LogP contribution in [-0.2, 0) is 38.1 Å². The van der Waals surface area contributed by atoms with Gasteiger partial charge in [0.15, 0.2) is 12.2 Å². The third kappa shape index (κ3) is 3.00. The second-order valence-electron chi connectivity index (χ2n) is 6.25. The average molecular weight is 369 g/mol. The zero-order chi connectivity index (χ0) is 19.0. The van der Waals surface area contributed by atoms with Crippen molar-refractivity contribution in [2.24, 2.45) is 11.8 Å². The van der Waals surface area contributed by atoms with Crippen LogP contribution in [-0.4, -0.2) is 68.7 Å². The molecule has 1 amide bonds. The molecule has 10 nitrogen and oxygen atoms in total. The molecule has 0 spiro atoms. The lowest BCUT2D eigenvalue weighted by atomic mass is 9.78. The highest BCUT2D eigenvalue weighted by Crippen LogP contribution is 2.51. The molecule has 10 heteroatoms. The maximum atomic E-state index is 12.0. The molecule has 0 aliphatic carbocycles. The van der Waals surface area contributed by atoms with Crippen LogP contribution >= 0.6 is 0 Å². The van der Waals surface area contributed by atoms with Gasteiger partial charge in [0.2, 0.25) is 0 Å². The highest BCUT2D eigenvalue weighted by Gasteiger charge is 2.72. The number of esters is 3. The summed E-state index contributed by atoms with van der Waals surface area (Å²) in [4.78, 5) is 47.1. The number of alkyl carbamates (subject to hydrolysis) is 1. The first kappa shape index (κ1) is 18.2. The second-order valence-corrected chi connectivity index (χ2v) is 6.25. The number of hydrogen-bond donors (Lipinski definition) is 1. The van der Waals surface area contributed by atoms with E-state index >= 15 is 0 Å². The van der Waals surface area contributed by atoms with Crippen molar-refractivity contribution >= 4 is 24.0 Å². The molecule has 142 valence electrons. The number of ether oxygens (including phenoxy) is 5. The van der Waals surface area contributed by atoms with Crippen molar-refractivity contribution < 1.29 is 42.9 Å². The molecule has 3 rings (SSSR count). The highest BCUT2D eigenvalue weighted by atomic mass is 16.7. The molecular formula is C16H19NO9. The number of fused-ring (bicyclic) bond motifs is 1. The summed E-state index contributed by atoms with van der Waals surface area (Å²) in [5, 5.41) is 2.41. The van der Waals surface area contributed by atoms with Gasteiger partial charge in [-0.2, -0.15) is 0 Å². The lowest BCUT2D eigenvalue weighted by Gasteiger charge is -2.26. The first-order valence-corrected chi connectivity index (χ1v) is 8.06. The Balaban J connectivity index is 1.54.